The minimum absolute atomic E-state index is 0.233. The second-order valence-corrected chi connectivity index (χ2v) is 5.30. The van der Waals surface area contributed by atoms with Crippen molar-refractivity contribution in [2.45, 2.75) is 43.9 Å². The van der Waals surface area contributed by atoms with Crippen LogP contribution in [-0.2, 0) is 11.8 Å². The maximum Gasteiger partial charge on any atom is 0.157 e. The summed E-state index contributed by atoms with van der Waals surface area (Å²) in [6.07, 6.45) is 9.12. The second kappa shape index (κ2) is 5.28. The predicted molar refractivity (Wildman–Crippen MR) is 67.6 cm³/mol. The maximum atomic E-state index is 5.95. The average molecular weight is 251 g/mol. The Balaban J connectivity index is 1.36. The Kier molecular flexibility index (Phi) is 3.52. The van der Waals surface area contributed by atoms with E-state index in [0.29, 0.717) is 12.7 Å². The minimum atomic E-state index is 0.233. The molecule has 0 amide bonds. The predicted octanol–water partition coefficient (Wildman–Crippen LogP) is 1.10. The first-order valence-electron chi connectivity index (χ1n) is 6.80. The summed E-state index contributed by atoms with van der Waals surface area (Å²) in [4.78, 5) is 0. The number of nitrogens with one attached hydrogen (secondary N) is 1. The van der Waals surface area contributed by atoms with Crippen LogP contribution in [0.1, 0.15) is 25.7 Å². The van der Waals surface area contributed by atoms with E-state index in [1.807, 2.05) is 13.2 Å². The Morgan fingerprint density at radius 3 is 2.94 bits per heavy atom. The highest BCUT2D eigenvalue weighted by Gasteiger charge is 2.28. The number of aryl methyl sites for hydroxylation is 1. The third-order valence-corrected chi connectivity index (χ3v) is 3.52. The van der Waals surface area contributed by atoms with Gasteiger partial charge in [-0.2, -0.15) is 5.10 Å². The van der Waals surface area contributed by atoms with Crippen LogP contribution in [0.5, 0.6) is 5.75 Å². The number of rotatable bonds is 6. The van der Waals surface area contributed by atoms with Gasteiger partial charge in [-0.1, -0.05) is 0 Å². The molecule has 2 aliphatic rings. The van der Waals surface area contributed by atoms with Gasteiger partial charge in [0.2, 0.25) is 0 Å². The van der Waals surface area contributed by atoms with Crippen LogP contribution in [0.3, 0.4) is 0 Å². The summed E-state index contributed by atoms with van der Waals surface area (Å²) in [6, 6.07) is 0.763. The first-order chi connectivity index (χ1) is 8.79. The van der Waals surface area contributed by atoms with Crippen molar-refractivity contribution in [3.8, 4) is 5.75 Å². The number of ether oxygens (including phenoxy) is 2. The summed E-state index contributed by atoms with van der Waals surface area (Å²) in [7, 11) is 1.89. The standard InChI is InChI=1S/C13H21N3O2/c1-16-8-13(7-15-16)17-9-12-5-4-11(18-12)6-14-10-2-3-10/h7-8,10-12,14H,2-6,9H2,1H3. The molecule has 0 spiro atoms. The van der Waals surface area contributed by atoms with Gasteiger partial charge in [0.05, 0.1) is 24.6 Å². The van der Waals surface area contributed by atoms with Gasteiger partial charge in [0.15, 0.2) is 5.75 Å². The first-order valence-corrected chi connectivity index (χ1v) is 6.80. The van der Waals surface area contributed by atoms with Gasteiger partial charge in [0.25, 0.3) is 0 Å². The van der Waals surface area contributed by atoms with Gasteiger partial charge in [-0.05, 0) is 25.7 Å². The van der Waals surface area contributed by atoms with E-state index in [1.54, 1.807) is 10.9 Å². The van der Waals surface area contributed by atoms with Crippen molar-refractivity contribution in [1.82, 2.24) is 15.1 Å². The van der Waals surface area contributed by atoms with Crippen LogP contribution in [0.15, 0.2) is 12.4 Å². The van der Waals surface area contributed by atoms with Gasteiger partial charge < -0.3 is 14.8 Å². The normalized spacial score (nSPS) is 27.6. The highest BCUT2D eigenvalue weighted by atomic mass is 16.5. The van der Waals surface area contributed by atoms with Gasteiger partial charge >= 0.3 is 0 Å². The molecule has 5 heteroatoms. The Bertz CT molecular complexity index is 389. The Labute approximate surface area is 107 Å². The summed E-state index contributed by atoms with van der Waals surface area (Å²) in [5.41, 5.74) is 0. The van der Waals surface area contributed by atoms with Gasteiger partial charge in [0, 0.05) is 19.6 Å². The van der Waals surface area contributed by atoms with E-state index < -0.39 is 0 Å². The van der Waals surface area contributed by atoms with Crippen molar-refractivity contribution >= 4 is 0 Å². The molecule has 2 unspecified atom stereocenters. The fourth-order valence-electron chi connectivity index (χ4n) is 2.30. The maximum absolute atomic E-state index is 5.95. The molecule has 3 rings (SSSR count). The lowest BCUT2D eigenvalue weighted by atomic mass is 10.2. The Morgan fingerprint density at radius 2 is 2.22 bits per heavy atom. The molecule has 2 atom stereocenters. The molecule has 1 saturated carbocycles. The zero-order valence-electron chi connectivity index (χ0n) is 10.8. The molecule has 18 heavy (non-hydrogen) atoms. The summed E-state index contributed by atoms with van der Waals surface area (Å²) >= 11 is 0. The van der Waals surface area contributed by atoms with E-state index in [1.165, 1.54) is 12.8 Å². The smallest absolute Gasteiger partial charge is 0.157 e. The molecule has 1 N–H and O–H groups in total. The van der Waals surface area contributed by atoms with E-state index in [0.717, 1.165) is 31.2 Å². The molecule has 1 aliphatic heterocycles. The number of aromatic nitrogens is 2. The van der Waals surface area contributed by atoms with Crippen LogP contribution in [0.2, 0.25) is 0 Å². The molecular formula is C13H21N3O2. The monoisotopic (exact) mass is 251 g/mol. The first kappa shape index (κ1) is 12.0. The van der Waals surface area contributed by atoms with Crippen LogP contribution in [-0.4, -0.2) is 41.2 Å². The lowest BCUT2D eigenvalue weighted by Crippen LogP contribution is -2.29. The fraction of sp³-hybridized carbons (Fsp3) is 0.769. The molecular weight excluding hydrogens is 230 g/mol. The number of nitrogens with zero attached hydrogens (tertiary/aromatic N) is 2. The molecule has 1 aromatic heterocycles. The molecule has 0 aromatic carbocycles. The van der Waals surface area contributed by atoms with Crippen molar-refractivity contribution in [2.24, 2.45) is 7.05 Å². The molecule has 2 heterocycles. The van der Waals surface area contributed by atoms with E-state index in [4.69, 9.17) is 9.47 Å². The van der Waals surface area contributed by atoms with Crippen molar-refractivity contribution in [1.29, 1.82) is 0 Å². The van der Waals surface area contributed by atoms with Crippen molar-refractivity contribution in [3.63, 3.8) is 0 Å². The summed E-state index contributed by atoms with van der Waals surface area (Å²) in [6.45, 7) is 1.62. The molecule has 0 radical (unpaired) electrons. The SMILES string of the molecule is Cn1cc(OCC2CCC(CNC3CC3)O2)cn1. The van der Waals surface area contributed by atoms with Crippen LogP contribution in [0.4, 0.5) is 0 Å². The van der Waals surface area contributed by atoms with Crippen molar-refractivity contribution in [2.75, 3.05) is 13.2 Å². The average Bonchev–Trinajstić information content (AvgIpc) is 2.93. The molecule has 5 nitrogen and oxygen atoms in total. The van der Waals surface area contributed by atoms with Crippen LogP contribution >= 0.6 is 0 Å². The minimum Gasteiger partial charge on any atom is -0.488 e. The second-order valence-electron chi connectivity index (χ2n) is 5.30. The Hall–Kier alpha value is -1.07. The van der Waals surface area contributed by atoms with E-state index in [2.05, 4.69) is 10.4 Å². The zero-order valence-corrected chi connectivity index (χ0v) is 10.8. The van der Waals surface area contributed by atoms with Crippen LogP contribution < -0.4 is 10.1 Å². The molecule has 2 fully saturated rings. The highest BCUT2D eigenvalue weighted by Crippen LogP contribution is 2.23. The zero-order chi connectivity index (χ0) is 12.4. The summed E-state index contributed by atoms with van der Waals surface area (Å²) in [5.74, 6) is 0.820. The van der Waals surface area contributed by atoms with Crippen molar-refractivity contribution in [3.05, 3.63) is 12.4 Å². The molecule has 100 valence electrons. The molecule has 1 aromatic rings. The summed E-state index contributed by atoms with van der Waals surface area (Å²) < 4.78 is 13.4. The number of hydrogen-bond donors (Lipinski definition) is 1. The van der Waals surface area contributed by atoms with Gasteiger partial charge in [-0.25, -0.2) is 0 Å². The third-order valence-electron chi connectivity index (χ3n) is 3.52. The van der Waals surface area contributed by atoms with Gasteiger partial charge in [-0.15, -0.1) is 0 Å². The molecule has 1 aliphatic carbocycles. The number of hydrogen-bond acceptors (Lipinski definition) is 4. The largest absolute Gasteiger partial charge is 0.488 e. The van der Waals surface area contributed by atoms with Gasteiger partial charge in [0.1, 0.15) is 6.61 Å². The van der Waals surface area contributed by atoms with Crippen LogP contribution in [0, 0.1) is 0 Å². The van der Waals surface area contributed by atoms with E-state index >= 15 is 0 Å². The van der Waals surface area contributed by atoms with Crippen LogP contribution in [0.25, 0.3) is 0 Å². The molecule has 0 bridgehead atoms. The quantitative estimate of drug-likeness (QED) is 0.822. The fourth-order valence-corrected chi connectivity index (χ4v) is 2.30. The lowest BCUT2D eigenvalue weighted by Gasteiger charge is -2.14. The van der Waals surface area contributed by atoms with E-state index in [9.17, 15) is 0 Å². The summed E-state index contributed by atoms with van der Waals surface area (Å²) in [5, 5.41) is 7.59. The topological polar surface area (TPSA) is 48.3 Å². The Morgan fingerprint density at radius 1 is 1.39 bits per heavy atom. The third kappa shape index (κ3) is 3.23. The molecule has 1 saturated heterocycles. The van der Waals surface area contributed by atoms with Crippen molar-refractivity contribution < 1.29 is 9.47 Å². The van der Waals surface area contributed by atoms with Gasteiger partial charge in [-0.3, -0.25) is 4.68 Å². The van der Waals surface area contributed by atoms with E-state index in [-0.39, 0.29) is 6.10 Å². The lowest BCUT2D eigenvalue weighted by molar-refractivity contribution is 0.0184. The highest BCUT2D eigenvalue weighted by molar-refractivity contribution is 5.11.